The van der Waals surface area contributed by atoms with Crippen LogP contribution in [0.4, 0.5) is 5.69 Å². The van der Waals surface area contributed by atoms with Crippen molar-refractivity contribution in [2.45, 2.75) is 37.7 Å². The second-order valence-electron chi connectivity index (χ2n) is 6.23. The number of rotatable bonds is 2. The number of carbonyl (C=O) groups is 2. The number of hydrogen-bond donors (Lipinski definition) is 3. The first-order valence-electron chi connectivity index (χ1n) is 7.94. The molecule has 0 saturated carbocycles. The molecule has 3 unspecified atom stereocenters. The van der Waals surface area contributed by atoms with Gasteiger partial charge in [-0.25, -0.2) is 0 Å². The maximum absolute atomic E-state index is 12.6. The van der Waals surface area contributed by atoms with Gasteiger partial charge in [0.2, 0.25) is 11.8 Å². The van der Waals surface area contributed by atoms with E-state index in [0.29, 0.717) is 0 Å². The minimum absolute atomic E-state index is 0.00703. The Bertz CT molecular complexity index is 698. The molecule has 2 aliphatic heterocycles. The van der Waals surface area contributed by atoms with Crippen molar-refractivity contribution in [3.05, 3.63) is 40.3 Å². The highest BCUT2D eigenvalue weighted by molar-refractivity contribution is 8.04. The van der Waals surface area contributed by atoms with Gasteiger partial charge in [0.1, 0.15) is 6.17 Å². The standard InChI is InChI=1S/C17H19N3O2S/c1-9(21)18-11-7-5-10(6-8-11)15-19-16(22)14-12-3-2-4-13(12)23-17(14)20-15/h5-8,14-15,17,20H,2-4H2,1H3,(H,18,21)(H,19,22). The van der Waals surface area contributed by atoms with Crippen molar-refractivity contribution in [1.82, 2.24) is 10.6 Å². The highest BCUT2D eigenvalue weighted by Crippen LogP contribution is 2.50. The van der Waals surface area contributed by atoms with E-state index in [1.54, 1.807) is 0 Å². The molecule has 4 rings (SSSR count). The Hall–Kier alpha value is -1.79. The van der Waals surface area contributed by atoms with Crippen LogP contribution in [0.1, 0.15) is 37.9 Å². The zero-order valence-electron chi connectivity index (χ0n) is 12.9. The third-order valence-corrected chi connectivity index (χ3v) is 6.03. The second kappa shape index (κ2) is 5.69. The maximum Gasteiger partial charge on any atom is 0.231 e. The first-order chi connectivity index (χ1) is 11.1. The van der Waals surface area contributed by atoms with Crippen LogP contribution in [0.15, 0.2) is 34.7 Å². The van der Waals surface area contributed by atoms with Crippen molar-refractivity contribution in [3.8, 4) is 0 Å². The first kappa shape index (κ1) is 14.8. The lowest BCUT2D eigenvalue weighted by atomic mass is 9.94. The molecule has 0 spiro atoms. The zero-order valence-corrected chi connectivity index (χ0v) is 13.7. The summed E-state index contributed by atoms with van der Waals surface area (Å²) >= 11 is 1.83. The highest BCUT2D eigenvalue weighted by atomic mass is 32.2. The topological polar surface area (TPSA) is 70.2 Å². The lowest BCUT2D eigenvalue weighted by Crippen LogP contribution is -2.54. The highest BCUT2D eigenvalue weighted by Gasteiger charge is 2.45. The quantitative estimate of drug-likeness (QED) is 0.780. The van der Waals surface area contributed by atoms with E-state index in [0.717, 1.165) is 24.1 Å². The third-order valence-electron chi connectivity index (χ3n) is 4.62. The molecule has 6 heteroatoms. The smallest absolute Gasteiger partial charge is 0.231 e. The van der Waals surface area contributed by atoms with Gasteiger partial charge < -0.3 is 10.6 Å². The molecule has 0 aromatic heterocycles. The Kier molecular flexibility index (Phi) is 3.66. The molecule has 120 valence electrons. The van der Waals surface area contributed by atoms with Crippen molar-refractivity contribution in [3.63, 3.8) is 0 Å². The van der Waals surface area contributed by atoms with E-state index >= 15 is 0 Å². The van der Waals surface area contributed by atoms with Gasteiger partial charge in [0, 0.05) is 12.6 Å². The molecule has 0 bridgehead atoms. The summed E-state index contributed by atoms with van der Waals surface area (Å²) in [6.07, 6.45) is 3.19. The van der Waals surface area contributed by atoms with Gasteiger partial charge in [-0.15, -0.1) is 11.8 Å². The van der Waals surface area contributed by atoms with E-state index in [1.807, 2.05) is 36.0 Å². The molecule has 1 aliphatic carbocycles. The van der Waals surface area contributed by atoms with Gasteiger partial charge in [0.25, 0.3) is 0 Å². The van der Waals surface area contributed by atoms with Crippen molar-refractivity contribution in [1.29, 1.82) is 0 Å². The molecule has 1 saturated heterocycles. The summed E-state index contributed by atoms with van der Waals surface area (Å²) in [5.74, 6) is 0.0316. The predicted molar refractivity (Wildman–Crippen MR) is 90.5 cm³/mol. The van der Waals surface area contributed by atoms with Crippen molar-refractivity contribution >= 4 is 29.3 Å². The Morgan fingerprint density at radius 1 is 1.26 bits per heavy atom. The number of amides is 2. The van der Waals surface area contributed by atoms with Crippen LogP contribution in [-0.2, 0) is 9.59 Å². The number of anilines is 1. The van der Waals surface area contributed by atoms with Crippen LogP contribution in [0.3, 0.4) is 0 Å². The van der Waals surface area contributed by atoms with E-state index < -0.39 is 0 Å². The number of fused-ring (bicyclic) bond motifs is 2. The lowest BCUT2D eigenvalue weighted by molar-refractivity contribution is -0.127. The largest absolute Gasteiger partial charge is 0.336 e. The molecule has 3 N–H and O–H groups in total. The lowest BCUT2D eigenvalue weighted by Gasteiger charge is -2.35. The Balaban J connectivity index is 1.50. The van der Waals surface area contributed by atoms with E-state index in [2.05, 4.69) is 16.0 Å². The molecule has 3 aliphatic rings. The Morgan fingerprint density at radius 3 is 2.78 bits per heavy atom. The van der Waals surface area contributed by atoms with Crippen LogP contribution >= 0.6 is 11.8 Å². The van der Waals surface area contributed by atoms with Crippen molar-refractivity contribution in [2.75, 3.05) is 5.32 Å². The van der Waals surface area contributed by atoms with Gasteiger partial charge in [-0.05, 0) is 47.4 Å². The molecule has 1 fully saturated rings. The minimum atomic E-state index is -0.178. The average molecular weight is 329 g/mol. The number of nitrogens with one attached hydrogen (secondary N) is 3. The second-order valence-corrected chi connectivity index (χ2v) is 7.47. The Labute approximate surface area is 139 Å². The molecule has 1 aromatic rings. The molecule has 2 amide bonds. The van der Waals surface area contributed by atoms with Crippen LogP contribution in [0.5, 0.6) is 0 Å². The molecule has 23 heavy (non-hydrogen) atoms. The van der Waals surface area contributed by atoms with Crippen LogP contribution in [0.25, 0.3) is 0 Å². The van der Waals surface area contributed by atoms with Gasteiger partial charge in [-0.3, -0.25) is 14.9 Å². The van der Waals surface area contributed by atoms with Gasteiger partial charge in [-0.1, -0.05) is 12.1 Å². The summed E-state index contributed by atoms with van der Waals surface area (Å²) in [6.45, 7) is 1.49. The fourth-order valence-electron chi connectivity index (χ4n) is 3.61. The number of benzene rings is 1. The minimum Gasteiger partial charge on any atom is -0.336 e. The number of allylic oxidation sites excluding steroid dienone is 1. The van der Waals surface area contributed by atoms with Crippen LogP contribution in [0, 0.1) is 5.92 Å². The predicted octanol–water partition coefficient (Wildman–Crippen LogP) is 2.49. The van der Waals surface area contributed by atoms with Gasteiger partial charge in [0.15, 0.2) is 0 Å². The molecule has 2 heterocycles. The fraction of sp³-hybridized carbons (Fsp3) is 0.412. The molecular formula is C17H19N3O2S. The number of carbonyl (C=O) groups excluding carboxylic acids is 2. The van der Waals surface area contributed by atoms with Crippen LogP contribution < -0.4 is 16.0 Å². The summed E-state index contributed by atoms with van der Waals surface area (Å²) in [5.41, 5.74) is 3.11. The first-order valence-corrected chi connectivity index (χ1v) is 8.82. The van der Waals surface area contributed by atoms with Crippen molar-refractivity contribution < 1.29 is 9.59 Å². The van der Waals surface area contributed by atoms with Crippen LogP contribution in [-0.4, -0.2) is 17.2 Å². The van der Waals surface area contributed by atoms with E-state index in [4.69, 9.17) is 0 Å². The van der Waals surface area contributed by atoms with Crippen molar-refractivity contribution in [2.24, 2.45) is 5.92 Å². The molecule has 5 nitrogen and oxygen atoms in total. The van der Waals surface area contributed by atoms with E-state index in [9.17, 15) is 9.59 Å². The average Bonchev–Trinajstić information content (AvgIpc) is 3.07. The van der Waals surface area contributed by atoms with E-state index in [-0.39, 0.29) is 29.3 Å². The summed E-state index contributed by atoms with van der Waals surface area (Å²) in [6, 6.07) is 7.59. The van der Waals surface area contributed by atoms with Gasteiger partial charge in [0.05, 0.1) is 11.3 Å². The third kappa shape index (κ3) is 2.66. The molecule has 3 atom stereocenters. The van der Waals surface area contributed by atoms with Gasteiger partial charge >= 0.3 is 0 Å². The SMILES string of the molecule is CC(=O)Nc1ccc(C2NC(=O)C3C4=C(CCC4)SC3N2)cc1. The van der Waals surface area contributed by atoms with E-state index in [1.165, 1.54) is 23.8 Å². The number of thioether (sulfide) groups is 1. The normalized spacial score (nSPS) is 29.1. The molecule has 0 radical (unpaired) electrons. The van der Waals surface area contributed by atoms with Crippen LogP contribution in [0.2, 0.25) is 0 Å². The summed E-state index contributed by atoms with van der Waals surface area (Å²) in [5, 5.41) is 9.54. The Morgan fingerprint density at radius 2 is 2.04 bits per heavy atom. The monoisotopic (exact) mass is 329 g/mol. The maximum atomic E-state index is 12.6. The molecular weight excluding hydrogens is 310 g/mol. The summed E-state index contributed by atoms with van der Waals surface area (Å²) in [7, 11) is 0. The summed E-state index contributed by atoms with van der Waals surface area (Å²) < 4.78 is 0. The molecule has 1 aromatic carbocycles. The number of hydrogen-bond acceptors (Lipinski definition) is 4. The fourth-order valence-corrected chi connectivity index (χ4v) is 5.19. The van der Waals surface area contributed by atoms with Gasteiger partial charge in [-0.2, -0.15) is 0 Å². The summed E-state index contributed by atoms with van der Waals surface area (Å²) in [4.78, 5) is 25.1. The zero-order chi connectivity index (χ0) is 16.0.